The second-order valence-corrected chi connectivity index (χ2v) is 7.14. The Morgan fingerprint density at radius 3 is 2.43 bits per heavy atom. The maximum Gasteiger partial charge on any atom is 0.244 e. The number of nitrogens with one attached hydrogen (secondary N) is 2. The fourth-order valence-corrected chi connectivity index (χ4v) is 4.23. The molecule has 0 unspecified atom stereocenters. The smallest absolute Gasteiger partial charge is 0.244 e. The number of carbonyl (C=O) groups excluding carboxylic acids is 1. The topological polar surface area (TPSA) is 95.2 Å². The van der Waals surface area contributed by atoms with Crippen molar-refractivity contribution in [1.82, 2.24) is 19.8 Å². The molecule has 7 nitrogen and oxygen atoms in total. The lowest BCUT2D eigenvalue weighted by atomic mass is 10.1. The van der Waals surface area contributed by atoms with Crippen LogP contribution in [-0.4, -0.2) is 48.6 Å². The quantitative estimate of drug-likeness (QED) is 0.855. The average molecular weight is 314 g/mol. The zero-order valence-corrected chi connectivity index (χ0v) is 13.5. The van der Waals surface area contributed by atoms with Gasteiger partial charge in [-0.3, -0.25) is 9.89 Å². The molecule has 8 heteroatoms. The zero-order chi connectivity index (χ0) is 15.6. The number of hydrogen-bond acceptors (Lipinski definition) is 4. The van der Waals surface area contributed by atoms with Gasteiger partial charge in [-0.05, 0) is 40.0 Å². The molecule has 1 aliphatic heterocycles. The lowest BCUT2D eigenvalue weighted by Crippen LogP contribution is -2.48. The molecule has 1 amide bonds. The lowest BCUT2D eigenvalue weighted by Gasteiger charge is -2.29. The minimum atomic E-state index is -3.75. The first-order valence-electron chi connectivity index (χ1n) is 7.15. The van der Waals surface area contributed by atoms with Crippen LogP contribution in [0.15, 0.2) is 4.90 Å². The first-order chi connectivity index (χ1) is 9.83. The third-order valence-corrected chi connectivity index (χ3v) is 5.50. The van der Waals surface area contributed by atoms with Gasteiger partial charge in [0.25, 0.3) is 0 Å². The van der Waals surface area contributed by atoms with Crippen LogP contribution >= 0.6 is 0 Å². The van der Waals surface area contributed by atoms with Crippen LogP contribution in [0.1, 0.15) is 37.6 Å². The van der Waals surface area contributed by atoms with Gasteiger partial charge in [-0.15, -0.1) is 0 Å². The van der Waals surface area contributed by atoms with E-state index in [4.69, 9.17) is 0 Å². The molecule has 21 heavy (non-hydrogen) atoms. The van der Waals surface area contributed by atoms with E-state index in [1.807, 2.05) is 0 Å². The van der Waals surface area contributed by atoms with Crippen LogP contribution in [0.3, 0.4) is 0 Å². The van der Waals surface area contributed by atoms with E-state index in [0.717, 1.165) is 19.3 Å². The summed E-state index contributed by atoms with van der Waals surface area (Å²) in [5, 5.41) is 6.53. The van der Waals surface area contributed by atoms with Gasteiger partial charge in [-0.2, -0.15) is 9.82 Å². The molecule has 0 aliphatic carbocycles. The van der Waals surface area contributed by atoms with Crippen LogP contribution in [0.5, 0.6) is 0 Å². The number of hydrogen-bond donors (Lipinski definition) is 2. The molecule has 118 valence electrons. The van der Waals surface area contributed by atoms with Gasteiger partial charge >= 0.3 is 0 Å². The van der Waals surface area contributed by atoms with Gasteiger partial charge in [0.2, 0.25) is 15.9 Å². The molecule has 1 aromatic heterocycles. The highest BCUT2D eigenvalue weighted by Crippen LogP contribution is 2.17. The van der Waals surface area contributed by atoms with E-state index in [-0.39, 0.29) is 10.8 Å². The van der Waals surface area contributed by atoms with Crippen molar-refractivity contribution in [3.8, 4) is 0 Å². The standard InChI is InChI=1S/C13H22N4O3S/c1-9-12(10(2)15-14-9)21(19,20)16-11(3)13(18)17-7-5-4-6-8-17/h11,16H,4-8H2,1-3H3,(H,14,15)/t11-/m0/s1. The normalized spacial score (nSPS) is 17.8. The fourth-order valence-electron chi connectivity index (χ4n) is 2.67. The molecule has 0 bridgehead atoms. The van der Waals surface area contributed by atoms with Gasteiger partial charge in [0.15, 0.2) is 0 Å². The molecular weight excluding hydrogens is 292 g/mol. The Bertz CT molecular complexity index is 598. The molecule has 1 fully saturated rings. The predicted molar refractivity (Wildman–Crippen MR) is 78.3 cm³/mol. The minimum absolute atomic E-state index is 0.126. The minimum Gasteiger partial charge on any atom is -0.341 e. The van der Waals surface area contributed by atoms with Crippen LogP contribution < -0.4 is 4.72 Å². The third kappa shape index (κ3) is 3.44. The van der Waals surface area contributed by atoms with E-state index < -0.39 is 16.1 Å². The highest BCUT2D eigenvalue weighted by atomic mass is 32.2. The Balaban J connectivity index is 2.11. The molecule has 1 atom stereocenters. The maximum atomic E-state index is 12.4. The predicted octanol–water partition coefficient (Wildman–Crippen LogP) is 0.706. The van der Waals surface area contributed by atoms with Crippen LogP contribution in [0.2, 0.25) is 0 Å². The van der Waals surface area contributed by atoms with Crippen LogP contribution in [0.4, 0.5) is 0 Å². The Morgan fingerprint density at radius 2 is 1.90 bits per heavy atom. The van der Waals surface area contributed by atoms with E-state index in [9.17, 15) is 13.2 Å². The molecule has 1 saturated heterocycles. The van der Waals surface area contributed by atoms with Crippen molar-refractivity contribution in [1.29, 1.82) is 0 Å². The highest BCUT2D eigenvalue weighted by Gasteiger charge is 2.29. The largest absolute Gasteiger partial charge is 0.341 e. The molecule has 2 heterocycles. The molecule has 1 aliphatic rings. The third-order valence-electron chi connectivity index (χ3n) is 3.70. The number of piperidine rings is 1. The SMILES string of the molecule is Cc1n[nH]c(C)c1S(=O)(=O)N[C@@H](C)C(=O)N1CCCCC1. The van der Waals surface area contributed by atoms with Gasteiger partial charge in [0.1, 0.15) is 4.90 Å². The summed E-state index contributed by atoms with van der Waals surface area (Å²) < 4.78 is 27.2. The van der Waals surface area contributed by atoms with E-state index in [2.05, 4.69) is 14.9 Å². The summed E-state index contributed by atoms with van der Waals surface area (Å²) in [5.74, 6) is -0.169. The van der Waals surface area contributed by atoms with E-state index in [0.29, 0.717) is 24.5 Å². The van der Waals surface area contributed by atoms with E-state index in [1.165, 1.54) is 0 Å². The Labute approximate surface area is 125 Å². The number of carbonyl (C=O) groups is 1. The summed E-state index contributed by atoms with van der Waals surface area (Å²) in [6.07, 6.45) is 3.08. The number of likely N-dealkylation sites (tertiary alicyclic amines) is 1. The number of H-pyrrole nitrogens is 1. The van der Waals surface area contributed by atoms with Crippen molar-refractivity contribution in [2.45, 2.75) is 51.0 Å². The molecule has 0 radical (unpaired) electrons. The summed E-state index contributed by atoms with van der Waals surface area (Å²) in [6, 6.07) is -0.776. The second kappa shape index (κ2) is 6.15. The fraction of sp³-hybridized carbons (Fsp3) is 0.692. The molecule has 0 spiro atoms. The van der Waals surface area contributed by atoms with Gasteiger partial charge < -0.3 is 4.90 Å². The molecule has 2 N–H and O–H groups in total. The average Bonchev–Trinajstić information content (AvgIpc) is 2.78. The van der Waals surface area contributed by atoms with Crippen molar-refractivity contribution in [2.75, 3.05) is 13.1 Å². The van der Waals surface area contributed by atoms with Crippen molar-refractivity contribution < 1.29 is 13.2 Å². The number of aromatic amines is 1. The summed E-state index contributed by atoms with van der Waals surface area (Å²) in [4.78, 5) is 14.1. The van der Waals surface area contributed by atoms with Gasteiger partial charge in [0.05, 0.1) is 17.4 Å². The summed E-state index contributed by atoms with van der Waals surface area (Å²) in [7, 11) is -3.75. The van der Waals surface area contributed by atoms with Gasteiger partial charge in [-0.25, -0.2) is 8.42 Å². The van der Waals surface area contributed by atoms with Crippen molar-refractivity contribution in [3.05, 3.63) is 11.4 Å². The van der Waals surface area contributed by atoms with Crippen molar-refractivity contribution >= 4 is 15.9 Å². The molecule has 1 aromatic rings. The molecule has 0 aromatic carbocycles. The Kier molecular flexibility index (Phi) is 4.67. The second-order valence-electron chi connectivity index (χ2n) is 5.49. The maximum absolute atomic E-state index is 12.4. The Morgan fingerprint density at radius 1 is 1.29 bits per heavy atom. The van der Waals surface area contributed by atoms with Crippen molar-refractivity contribution in [3.63, 3.8) is 0 Å². The Hall–Kier alpha value is -1.41. The number of nitrogens with zero attached hydrogens (tertiary/aromatic N) is 2. The first kappa shape index (κ1) is 16.0. The monoisotopic (exact) mass is 314 g/mol. The van der Waals surface area contributed by atoms with Crippen molar-refractivity contribution in [2.24, 2.45) is 0 Å². The van der Waals surface area contributed by atoms with Crippen LogP contribution in [0.25, 0.3) is 0 Å². The van der Waals surface area contributed by atoms with Crippen LogP contribution in [-0.2, 0) is 14.8 Å². The number of sulfonamides is 1. The molecule has 0 saturated carbocycles. The molecular formula is C13H22N4O3S. The number of amides is 1. The summed E-state index contributed by atoms with van der Waals surface area (Å²) in [5.41, 5.74) is 0.871. The van der Waals surface area contributed by atoms with Gasteiger partial charge in [-0.1, -0.05) is 0 Å². The number of rotatable bonds is 4. The number of aromatic nitrogens is 2. The van der Waals surface area contributed by atoms with Gasteiger partial charge in [0, 0.05) is 13.1 Å². The molecule has 2 rings (SSSR count). The lowest BCUT2D eigenvalue weighted by molar-refractivity contribution is -0.133. The first-order valence-corrected chi connectivity index (χ1v) is 8.64. The number of aryl methyl sites for hydroxylation is 2. The van der Waals surface area contributed by atoms with Crippen LogP contribution in [0, 0.1) is 13.8 Å². The highest BCUT2D eigenvalue weighted by molar-refractivity contribution is 7.89. The summed E-state index contributed by atoms with van der Waals surface area (Å²) >= 11 is 0. The van der Waals surface area contributed by atoms with E-state index >= 15 is 0 Å². The summed E-state index contributed by atoms with van der Waals surface area (Å²) in [6.45, 7) is 6.25. The zero-order valence-electron chi connectivity index (χ0n) is 12.6. The van der Waals surface area contributed by atoms with E-state index in [1.54, 1.807) is 25.7 Å².